The third kappa shape index (κ3) is 3.33. The fraction of sp³-hybridized carbons (Fsp3) is 1.00. The fourth-order valence-electron chi connectivity index (χ4n) is 4.77. The topological polar surface area (TPSA) is 15.3 Å². The van der Waals surface area contributed by atoms with E-state index < -0.39 is 0 Å². The molecule has 0 spiro atoms. The van der Waals surface area contributed by atoms with Crippen molar-refractivity contribution in [1.29, 1.82) is 0 Å². The molecule has 0 amide bonds. The largest absolute Gasteiger partial charge is 0.314 e. The number of likely N-dealkylation sites (tertiary alicyclic amines) is 1. The summed E-state index contributed by atoms with van der Waals surface area (Å²) in [7, 11) is 0. The van der Waals surface area contributed by atoms with Gasteiger partial charge in [-0.25, -0.2) is 0 Å². The van der Waals surface area contributed by atoms with Gasteiger partial charge in [0.25, 0.3) is 0 Å². The fourth-order valence-corrected chi connectivity index (χ4v) is 4.77. The smallest absolute Gasteiger partial charge is 0.00978 e. The first-order valence-electron chi connectivity index (χ1n) is 8.84. The summed E-state index contributed by atoms with van der Waals surface area (Å²) in [4.78, 5) is 2.84. The summed E-state index contributed by atoms with van der Waals surface area (Å²) in [5, 5.41) is 3.72. The number of hydrogen-bond donors (Lipinski definition) is 1. The van der Waals surface area contributed by atoms with E-state index in [1.54, 1.807) is 0 Å². The Morgan fingerprint density at radius 2 is 1.84 bits per heavy atom. The minimum absolute atomic E-state index is 0.858. The van der Waals surface area contributed by atoms with Crippen molar-refractivity contribution in [2.45, 2.75) is 76.8 Å². The van der Waals surface area contributed by atoms with Gasteiger partial charge in [0.15, 0.2) is 0 Å². The van der Waals surface area contributed by atoms with Gasteiger partial charge in [0.1, 0.15) is 0 Å². The van der Waals surface area contributed by atoms with Crippen LogP contribution in [0.1, 0.15) is 64.7 Å². The van der Waals surface area contributed by atoms with Crippen molar-refractivity contribution >= 4 is 0 Å². The number of piperidine rings is 1. The van der Waals surface area contributed by atoms with Crippen LogP contribution in [0.2, 0.25) is 0 Å². The molecule has 3 fully saturated rings. The van der Waals surface area contributed by atoms with E-state index >= 15 is 0 Å². The Balaban J connectivity index is 1.46. The molecule has 2 nitrogen and oxygen atoms in total. The molecule has 3 atom stereocenters. The zero-order chi connectivity index (χ0) is 13.1. The zero-order valence-corrected chi connectivity index (χ0v) is 12.7. The molecule has 1 saturated carbocycles. The monoisotopic (exact) mass is 264 g/mol. The Hall–Kier alpha value is -0.0800. The Labute approximate surface area is 119 Å². The van der Waals surface area contributed by atoms with Gasteiger partial charge in [-0.2, -0.15) is 0 Å². The molecule has 0 bridgehead atoms. The highest BCUT2D eigenvalue weighted by Crippen LogP contribution is 2.33. The quantitative estimate of drug-likeness (QED) is 0.840. The maximum Gasteiger partial charge on any atom is 0.00978 e. The molecule has 19 heavy (non-hydrogen) atoms. The minimum atomic E-state index is 0.858. The van der Waals surface area contributed by atoms with E-state index in [2.05, 4.69) is 17.1 Å². The third-order valence-electron chi connectivity index (χ3n) is 6.09. The van der Waals surface area contributed by atoms with Crippen molar-refractivity contribution < 1.29 is 0 Å². The highest BCUT2D eigenvalue weighted by Gasteiger charge is 2.32. The van der Waals surface area contributed by atoms with Crippen LogP contribution in [0.5, 0.6) is 0 Å². The van der Waals surface area contributed by atoms with Crippen molar-refractivity contribution in [1.82, 2.24) is 10.2 Å². The Morgan fingerprint density at radius 1 is 1.00 bits per heavy atom. The summed E-state index contributed by atoms with van der Waals surface area (Å²) in [5.74, 6) is 2.00. The van der Waals surface area contributed by atoms with Crippen LogP contribution < -0.4 is 5.32 Å². The first kappa shape index (κ1) is 13.9. The van der Waals surface area contributed by atoms with Crippen LogP contribution in [0.25, 0.3) is 0 Å². The summed E-state index contributed by atoms with van der Waals surface area (Å²) < 4.78 is 0. The molecule has 3 aliphatic rings. The van der Waals surface area contributed by atoms with Gasteiger partial charge in [-0.1, -0.05) is 26.2 Å². The number of nitrogens with one attached hydrogen (secondary N) is 1. The number of hydrogen-bond acceptors (Lipinski definition) is 2. The van der Waals surface area contributed by atoms with E-state index in [0.717, 1.165) is 23.9 Å². The van der Waals surface area contributed by atoms with E-state index in [4.69, 9.17) is 0 Å². The highest BCUT2D eigenvalue weighted by atomic mass is 15.2. The average Bonchev–Trinajstić information content (AvgIpc) is 3.02. The molecule has 2 heterocycles. The lowest BCUT2D eigenvalue weighted by atomic mass is 9.81. The predicted octanol–water partition coefficient (Wildman–Crippen LogP) is 3.42. The van der Waals surface area contributed by atoms with Crippen LogP contribution in [0.15, 0.2) is 0 Å². The van der Waals surface area contributed by atoms with Crippen molar-refractivity contribution in [2.24, 2.45) is 11.8 Å². The van der Waals surface area contributed by atoms with E-state index in [9.17, 15) is 0 Å². The molecule has 0 radical (unpaired) electrons. The maximum atomic E-state index is 3.72. The lowest BCUT2D eigenvalue weighted by Crippen LogP contribution is -2.46. The van der Waals surface area contributed by atoms with Gasteiger partial charge in [0.05, 0.1) is 0 Å². The standard InChI is InChI=1S/C17H32N2/c1-2-14-5-3-6-16(13-14)19-11-8-15(9-12-19)17-7-4-10-18-17/h14-18H,2-13H2,1H3. The van der Waals surface area contributed by atoms with Crippen molar-refractivity contribution in [3.8, 4) is 0 Å². The van der Waals surface area contributed by atoms with Crippen LogP contribution in [0.4, 0.5) is 0 Å². The molecule has 0 aromatic heterocycles. The van der Waals surface area contributed by atoms with E-state index in [1.165, 1.54) is 77.4 Å². The van der Waals surface area contributed by atoms with Gasteiger partial charge in [-0.05, 0) is 70.0 Å². The average molecular weight is 264 g/mol. The van der Waals surface area contributed by atoms with E-state index in [0.29, 0.717) is 0 Å². The molecule has 1 N–H and O–H groups in total. The SMILES string of the molecule is CCC1CCCC(N2CCC(C3CCCN3)CC2)C1. The minimum Gasteiger partial charge on any atom is -0.314 e. The molecule has 2 saturated heterocycles. The third-order valence-corrected chi connectivity index (χ3v) is 6.09. The summed E-state index contributed by atoms with van der Waals surface area (Å²) in [6.45, 7) is 6.41. The second-order valence-corrected chi connectivity index (χ2v) is 7.17. The molecular weight excluding hydrogens is 232 g/mol. The van der Waals surface area contributed by atoms with Gasteiger partial charge >= 0.3 is 0 Å². The van der Waals surface area contributed by atoms with Crippen molar-refractivity contribution in [3.63, 3.8) is 0 Å². The lowest BCUT2D eigenvalue weighted by molar-refractivity contribution is 0.0810. The Bertz CT molecular complexity index is 264. The van der Waals surface area contributed by atoms with Crippen LogP contribution in [0, 0.1) is 11.8 Å². The van der Waals surface area contributed by atoms with E-state index in [-0.39, 0.29) is 0 Å². The molecule has 0 aromatic carbocycles. The first-order valence-corrected chi connectivity index (χ1v) is 8.84. The number of nitrogens with zero attached hydrogens (tertiary/aromatic N) is 1. The molecule has 1 aliphatic carbocycles. The van der Waals surface area contributed by atoms with Crippen molar-refractivity contribution in [3.05, 3.63) is 0 Å². The predicted molar refractivity (Wildman–Crippen MR) is 81.4 cm³/mol. The summed E-state index contributed by atoms with van der Waals surface area (Å²) in [6, 6.07) is 1.79. The first-order chi connectivity index (χ1) is 9.36. The molecule has 0 aromatic rings. The molecular formula is C17H32N2. The second-order valence-electron chi connectivity index (χ2n) is 7.17. The summed E-state index contributed by atoms with van der Waals surface area (Å²) >= 11 is 0. The molecule has 110 valence electrons. The maximum absolute atomic E-state index is 3.72. The highest BCUT2D eigenvalue weighted by molar-refractivity contribution is 4.88. The lowest BCUT2D eigenvalue weighted by Gasteiger charge is -2.42. The molecule has 3 rings (SSSR count). The normalized spacial score (nSPS) is 38.7. The second kappa shape index (κ2) is 6.58. The van der Waals surface area contributed by atoms with Crippen molar-refractivity contribution in [2.75, 3.05) is 19.6 Å². The van der Waals surface area contributed by atoms with Gasteiger partial charge < -0.3 is 10.2 Å². The van der Waals surface area contributed by atoms with Gasteiger partial charge in [-0.3, -0.25) is 0 Å². The van der Waals surface area contributed by atoms with Crippen LogP contribution >= 0.6 is 0 Å². The summed E-state index contributed by atoms with van der Waals surface area (Å²) in [6.07, 6.45) is 13.1. The van der Waals surface area contributed by atoms with Crippen LogP contribution in [-0.4, -0.2) is 36.6 Å². The Morgan fingerprint density at radius 3 is 2.53 bits per heavy atom. The van der Waals surface area contributed by atoms with Gasteiger partial charge in [0.2, 0.25) is 0 Å². The summed E-state index contributed by atoms with van der Waals surface area (Å²) in [5.41, 5.74) is 0. The Kier molecular flexibility index (Phi) is 4.81. The van der Waals surface area contributed by atoms with Crippen LogP contribution in [-0.2, 0) is 0 Å². The van der Waals surface area contributed by atoms with Crippen LogP contribution in [0.3, 0.4) is 0 Å². The zero-order valence-electron chi connectivity index (χ0n) is 12.7. The molecule has 2 heteroatoms. The van der Waals surface area contributed by atoms with Gasteiger partial charge in [-0.15, -0.1) is 0 Å². The van der Waals surface area contributed by atoms with Gasteiger partial charge in [0, 0.05) is 12.1 Å². The van der Waals surface area contributed by atoms with E-state index in [1.807, 2.05) is 0 Å². The molecule has 3 unspecified atom stereocenters. The molecule has 2 aliphatic heterocycles. The number of rotatable bonds is 3.